The number of nitrogens with zero attached hydrogens (tertiary/aromatic N) is 3. The van der Waals surface area contributed by atoms with Crippen LogP contribution in [0.25, 0.3) is 0 Å². The van der Waals surface area contributed by atoms with Gasteiger partial charge in [-0.25, -0.2) is 0 Å². The monoisotopic (exact) mass is 271 g/mol. The number of rotatable bonds is 5. The molecule has 0 aliphatic carbocycles. The lowest BCUT2D eigenvalue weighted by Gasteiger charge is -2.37. The number of hydrogen-bond acceptors (Lipinski definition) is 4. The van der Waals surface area contributed by atoms with Crippen molar-refractivity contribution < 1.29 is 0 Å². The molecule has 0 bridgehead atoms. The second-order valence-electron chi connectivity index (χ2n) is 5.99. The van der Waals surface area contributed by atoms with Crippen LogP contribution in [0.15, 0.2) is 0 Å². The van der Waals surface area contributed by atoms with Gasteiger partial charge in [0.05, 0.1) is 0 Å². The second-order valence-corrected chi connectivity index (χ2v) is 6.87. The van der Waals surface area contributed by atoms with Gasteiger partial charge in [0.15, 0.2) is 0 Å². The van der Waals surface area contributed by atoms with Crippen molar-refractivity contribution in [2.24, 2.45) is 5.92 Å². The van der Waals surface area contributed by atoms with Gasteiger partial charge < -0.3 is 4.90 Å². The maximum absolute atomic E-state index is 2.67. The highest BCUT2D eigenvalue weighted by Crippen LogP contribution is 2.24. The molecule has 2 fully saturated rings. The van der Waals surface area contributed by atoms with Gasteiger partial charge in [0.1, 0.15) is 0 Å². The van der Waals surface area contributed by atoms with Crippen molar-refractivity contribution in [1.82, 2.24) is 14.1 Å². The molecule has 0 radical (unpaired) electrons. The molecule has 0 unspecified atom stereocenters. The average molecular weight is 271 g/mol. The molecule has 0 aromatic heterocycles. The Bertz CT molecular complexity index is 239. The van der Waals surface area contributed by atoms with Crippen molar-refractivity contribution in [3.8, 4) is 0 Å². The van der Waals surface area contributed by atoms with E-state index in [4.69, 9.17) is 0 Å². The molecule has 2 aliphatic rings. The molecule has 0 aromatic rings. The Labute approximate surface area is 117 Å². The van der Waals surface area contributed by atoms with Crippen LogP contribution in [-0.2, 0) is 0 Å². The first-order valence-electron chi connectivity index (χ1n) is 7.44. The summed E-state index contributed by atoms with van der Waals surface area (Å²) in [6.07, 6.45) is 5.01. The van der Waals surface area contributed by atoms with Crippen LogP contribution in [0.1, 0.15) is 26.7 Å². The lowest BCUT2D eigenvalue weighted by Crippen LogP contribution is -2.49. The Morgan fingerprint density at radius 3 is 2.39 bits per heavy atom. The van der Waals surface area contributed by atoms with Crippen LogP contribution < -0.4 is 0 Å². The molecule has 2 rings (SSSR count). The van der Waals surface area contributed by atoms with E-state index in [1.54, 1.807) is 0 Å². The van der Waals surface area contributed by atoms with Crippen molar-refractivity contribution in [3.05, 3.63) is 0 Å². The zero-order valence-corrected chi connectivity index (χ0v) is 13.1. The summed E-state index contributed by atoms with van der Waals surface area (Å²) < 4.78 is 2.52. The molecule has 0 spiro atoms. The second kappa shape index (κ2) is 7.13. The molecule has 1 atom stereocenters. The summed E-state index contributed by atoms with van der Waals surface area (Å²) in [6, 6.07) is 0.720. The molecule has 18 heavy (non-hydrogen) atoms. The quantitative estimate of drug-likeness (QED) is 0.707. The predicted octanol–water partition coefficient (Wildman–Crippen LogP) is 2.00. The first-order valence-corrected chi connectivity index (χ1v) is 8.62. The molecular weight excluding hydrogens is 242 g/mol. The van der Waals surface area contributed by atoms with Gasteiger partial charge in [-0.3, -0.25) is 9.21 Å². The minimum atomic E-state index is 0.720. The largest absolute Gasteiger partial charge is 0.301 e. The summed E-state index contributed by atoms with van der Waals surface area (Å²) >= 11 is 1.91. The highest BCUT2D eigenvalue weighted by atomic mass is 32.2. The van der Waals surface area contributed by atoms with Gasteiger partial charge in [0, 0.05) is 45.3 Å². The fourth-order valence-electron chi connectivity index (χ4n) is 3.07. The van der Waals surface area contributed by atoms with Gasteiger partial charge in [-0.2, -0.15) is 0 Å². The van der Waals surface area contributed by atoms with Crippen LogP contribution >= 0.6 is 11.9 Å². The summed E-state index contributed by atoms with van der Waals surface area (Å²) in [7, 11) is 0. The van der Waals surface area contributed by atoms with Gasteiger partial charge in [0.25, 0.3) is 0 Å². The van der Waals surface area contributed by atoms with E-state index < -0.39 is 0 Å². The van der Waals surface area contributed by atoms with Crippen molar-refractivity contribution in [2.45, 2.75) is 32.7 Å². The standard InChI is InChI=1S/C14H29N3S/c1-13(2)16-10-8-15(9-11-16)6-4-14-5-7-17(12-14)18-3/h13-14H,4-12H2,1-3H3/t14-/m0/s1. The zero-order chi connectivity index (χ0) is 13.0. The van der Waals surface area contributed by atoms with E-state index in [0.717, 1.165) is 12.0 Å². The molecular formula is C14H29N3S. The fourth-order valence-corrected chi connectivity index (χ4v) is 3.71. The highest BCUT2D eigenvalue weighted by Gasteiger charge is 2.23. The van der Waals surface area contributed by atoms with E-state index in [-0.39, 0.29) is 0 Å². The topological polar surface area (TPSA) is 9.72 Å². The predicted molar refractivity (Wildman–Crippen MR) is 81.0 cm³/mol. The molecule has 2 heterocycles. The van der Waals surface area contributed by atoms with Crippen molar-refractivity contribution in [1.29, 1.82) is 0 Å². The summed E-state index contributed by atoms with van der Waals surface area (Å²) in [6.45, 7) is 13.6. The smallest absolute Gasteiger partial charge is 0.0119 e. The average Bonchev–Trinajstić information content (AvgIpc) is 2.85. The van der Waals surface area contributed by atoms with Crippen LogP contribution in [0.3, 0.4) is 0 Å². The van der Waals surface area contributed by atoms with E-state index in [9.17, 15) is 0 Å². The molecule has 0 saturated carbocycles. The third-order valence-corrected chi connectivity index (χ3v) is 5.35. The molecule has 0 N–H and O–H groups in total. The van der Waals surface area contributed by atoms with Gasteiger partial charge in [-0.15, -0.1) is 0 Å². The van der Waals surface area contributed by atoms with Crippen LogP contribution in [0.4, 0.5) is 0 Å². The first-order chi connectivity index (χ1) is 8.69. The van der Waals surface area contributed by atoms with Gasteiger partial charge in [0.2, 0.25) is 0 Å². The lowest BCUT2D eigenvalue weighted by molar-refractivity contribution is 0.104. The van der Waals surface area contributed by atoms with Crippen LogP contribution in [0.2, 0.25) is 0 Å². The van der Waals surface area contributed by atoms with Crippen LogP contribution in [0, 0.1) is 5.92 Å². The Kier molecular flexibility index (Phi) is 5.80. The van der Waals surface area contributed by atoms with E-state index >= 15 is 0 Å². The summed E-state index contributed by atoms with van der Waals surface area (Å²) in [4.78, 5) is 5.27. The maximum atomic E-state index is 2.67. The van der Waals surface area contributed by atoms with Crippen molar-refractivity contribution >= 4 is 11.9 Å². The fraction of sp³-hybridized carbons (Fsp3) is 1.00. The molecule has 0 aromatic carbocycles. The van der Waals surface area contributed by atoms with E-state index in [2.05, 4.69) is 34.2 Å². The molecule has 2 aliphatic heterocycles. The van der Waals surface area contributed by atoms with Crippen molar-refractivity contribution in [2.75, 3.05) is 52.1 Å². The third kappa shape index (κ3) is 4.12. The van der Waals surface area contributed by atoms with Gasteiger partial charge in [-0.05, 0) is 45.4 Å². The summed E-state index contributed by atoms with van der Waals surface area (Å²) in [5.41, 5.74) is 0. The molecule has 106 valence electrons. The SMILES string of the molecule is CSN1CC[C@H](CCN2CCN(C(C)C)CC2)C1. The Balaban J connectivity index is 1.61. The Hall–Kier alpha value is 0.230. The summed E-state index contributed by atoms with van der Waals surface area (Å²) in [5.74, 6) is 0.945. The van der Waals surface area contributed by atoms with E-state index in [1.165, 1.54) is 58.7 Å². The van der Waals surface area contributed by atoms with E-state index in [1.807, 2.05) is 11.9 Å². The molecule has 2 saturated heterocycles. The zero-order valence-electron chi connectivity index (χ0n) is 12.3. The Morgan fingerprint density at radius 1 is 1.11 bits per heavy atom. The van der Waals surface area contributed by atoms with Crippen LogP contribution in [-0.4, -0.2) is 72.2 Å². The van der Waals surface area contributed by atoms with Crippen LogP contribution in [0.5, 0.6) is 0 Å². The molecule has 4 heteroatoms. The minimum absolute atomic E-state index is 0.720. The molecule has 3 nitrogen and oxygen atoms in total. The maximum Gasteiger partial charge on any atom is 0.0119 e. The number of hydrogen-bond donors (Lipinski definition) is 0. The highest BCUT2D eigenvalue weighted by molar-refractivity contribution is 7.96. The minimum Gasteiger partial charge on any atom is -0.301 e. The normalized spacial score (nSPS) is 28.3. The van der Waals surface area contributed by atoms with Gasteiger partial charge >= 0.3 is 0 Å². The Morgan fingerprint density at radius 2 is 1.83 bits per heavy atom. The number of piperazine rings is 1. The first kappa shape index (κ1) is 14.6. The molecule has 0 amide bonds. The third-order valence-electron chi connectivity index (χ3n) is 4.50. The van der Waals surface area contributed by atoms with Gasteiger partial charge in [-0.1, -0.05) is 11.9 Å². The van der Waals surface area contributed by atoms with E-state index in [0.29, 0.717) is 0 Å². The summed E-state index contributed by atoms with van der Waals surface area (Å²) in [5, 5.41) is 0. The van der Waals surface area contributed by atoms with Crippen molar-refractivity contribution in [3.63, 3.8) is 0 Å². The lowest BCUT2D eigenvalue weighted by atomic mass is 10.0.